The number of halogens is 2. The molecule has 70 valence electrons. The van der Waals surface area contributed by atoms with Gasteiger partial charge in [0.1, 0.15) is 6.10 Å². The van der Waals surface area contributed by atoms with Gasteiger partial charge in [-0.25, -0.2) is 0 Å². The van der Waals surface area contributed by atoms with Crippen molar-refractivity contribution in [3.8, 4) is 0 Å². The van der Waals surface area contributed by atoms with Crippen molar-refractivity contribution in [2.75, 3.05) is 5.33 Å². The normalized spacial score (nSPS) is 12.2. The summed E-state index contributed by atoms with van der Waals surface area (Å²) in [5, 5.41) is 1.25. The number of carbonyl (C=O) groups is 1. The largest absolute Gasteiger partial charge is 0.459 e. The van der Waals surface area contributed by atoms with Crippen molar-refractivity contribution in [1.82, 2.24) is 0 Å². The van der Waals surface area contributed by atoms with Gasteiger partial charge < -0.3 is 4.74 Å². The van der Waals surface area contributed by atoms with Gasteiger partial charge in [-0.15, -0.1) is 0 Å². The third-order valence-corrected chi connectivity index (χ3v) is 2.44. The number of rotatable bonds is 4. The number of benzene rings is 1. The second-order valence-electron chi connectivity index (χ2n) is 2.43. The molecule has 0 saturated heterocycles. The highest BCUT2D eigenvalue weighted by molar-refractivity contribution is 9.09. The molecule has 0 fully saturated rings. The minimum absolute atomic E-state index is 0.241. The summed E-state index contributed by atoms with van der Waals surface area (Å²) in [6, 6.07) is 7.19. The molecule has 0 radical (unpaired) electrons. The minimum Gasteiger partial charge on any atom is -0.459 e. The van der Waals surface area contributed by atoms with Crippen LogP contribution in [0.15, 0.2) is 24.3 Å². The summed E-state index contributed by atoms with van der Waals surface area (Å²) < 4.78 is 4.85. The van der Waals surface area contributed by atoms with Gasteiger partial charge in [-0.3, -0.25) is 4.79 Å². The summed E-state index contributed by atoms with van der Waals surface area (Å²) in [7, 11) is 0. The van der Waals surface area contributed by atoms with Crippen LogP contribution < -0.4 is 0 Å². The molecular weight excluding hydrogens is 255 g/mol. The number of hydrogen-bond acceptors (Lipinski definition) is 2. The van der Waals surface area contributed by atoms with Gasteiger partial charge in [-0.1, -0.05) is 39.7 Å². The second kappa shape index (κ2) is 5.25. The van der Waals surface area contributed by atoms with Crippen molar-refractivity contribution in [3.05, 3.63) is 34.9 Å². The molecule has 1 rings (SSSR count). The van der Waals surface area contributed by atoms with E-state index in [2.05, 4.69) is 15.9 Å². The minimum atomic E-state index is -0.241. The number of carbonyl (C=O) groups excluding carboxylic acids is 1. The van der Waals surface area contributed by atoms with Crippen LogP contribution in [0.5, 0.6) is 0 Å². The fourth-order valence-electron chi connectivity index (χ4n) is 0.949. The zero-order chi connectivity index (χ0) is 9.68. The van der Waals surface area contributed by atoms with Gasteiger partial charge in [0, 0.05) is 10.4 Å². The Labute approximate surface area is 90.0 Å². The molecule has 0 amide bonds. The Hall–Kier alpha value is -0.540. The van der Waals surface area contributed by atoms with E-state index in [1.165, 1.54) is 0 Å². The first-order chi connectivity index (χ1) is 6.27. The van der Waals surface area contributed by atoms with E-state index >= 15 is 0 Å². The highest BCUT2D eigenvalue weighted by Gasteiger charge is 2.09. The third kappa shape index (κ3) is 3.01. The maximum atomic E-state index is 10.1. The van der Waals surface area contributed by atoms with Crippen LogP contribution in [-0.4, -0.2) is 11.8 Å². The smallest absolute Gasteiger partial charge is 0.293 e. The first-order valence-electron chi connectivity index (χ1n) is 3.68. The van der Waals surface area contributed by atoms with Crippen LogP contribution >= 0.6 is 27.5 Å². The molecule has 0 saturated carbocycles. The predicted molar refractivity (Wildman–Crippen MR) is 55.1 cm³/mol. The second-order valence-corrected chi connectivity index (χ2v) is 3.51. The Bertz CT molecular complexity index is 273. The van der Waals surface area contributed by atoms with E-state index in [-0.39, 0.29) is 6.10 Å². The van der Waals surface area contributed by atoms with Gasteiger partial charge in [0.05, 0.1) is 0 Å². The summed E-state index contributed by atoms with van der Waals surface area (Å²) in [6.07, 6.45) is -0.241. The van der Waals surface area contributed by atoms with Crippen molar-refractivity contribution < 1.29 is 9.53 Å². The van der Waals surface area contributed by atoms with E-state index in [1.807, 2.05) is 12.1 Å². The highest BCUT2D eigenvalue weighted by atomic mass is 79.9. The Morgan fingerprint density at radius 1 is 1.46 bits per heavy atom. The van der Waals surface area contributed by atoms with Crippen LogP contribution in [0.25, 0.3) is 0 Å². The molecule has 1 aromatic rings. The van der Waals surface area contributed by atoms with E-state index < -0.39 is 0 Å². The van der Waals surface area contributed by atoms with Gasteiger partial charge in [0.2, 0.25) is 0 Å². The summed E-state index contributed by atoms with van der Waals surface area (Å²) in [4.78, 5) is 10.1. The van der Waals surface area contributed by atoms with E-state index in [9.17, 15) is 4.79 Å². The summed E-state index contributed by atoms with van der Waals surface area (Å²) in [5.41, 5.74) is 0.924. The molecule has 0 bridgehead atoms. The molecule has 0 aliphatic rings. The molecule has 4 heteroatoms. The van der Waals surface area contributed by atoms with Gasteiger partial charge in [0.15, 0.2) is 0 Å². The Morgan fingerprint density at radius 2 is 2.08 bits per heavy atom. The maximum absolute atomic E-state index is 10.1. The first-order valence-corrected chi connectivity index (χ1v) is 5.18. The molecule has 1 unspecified atom stereocenters. The predicted octanol–water partition coefficient (Wildman–Crippen LogP) is 2.95. The van der Waals surface area contributed by atoms with E-state index in [0.717, 1.165) is 5.56 Å². The molecule has 0 heterocycles. The average Bonchev–Trinajstić information content (AvgIpc) is 2.16. The highest BCUT2D eigenvalue weighted by Crippen LogP contribution is 2.20. The molecule has 2 nitrogen and oxygen atoms in total. The van der Waals surface area contributed by atoms with Gasteiger partial charge in [0.25, 0.3) is 6.47 Å². The Morgan fingerprint density at radius 3 is 2.54 bits per heavy atom. The van der Waals surface area contributed by atoms with Gasteiger partial charge in [-0.05, 0) is 17.7 Å². The topological polar surface area (TPSA) is 26.3 Å². The van der Waals surface area contributed by atoms with Gasteiger partial charge >= 0.3 is 0 Å². The molecule has 0 aromatic heterocycles. The lowest BCUT2D eigenvalue weighted by Gasteiger charge is -2.11. The molecule has 0 N–H and O–H groups in total. The van der Waals surface area contributed by atoms with Crippen LogP contribution in [0.4, 0.5) is 0 Å². The van der Waals surface area contributed by atoms with Crippen LogP contribution in [0.2, 0.25) is 5.02 Å². The van der Waals surface area contributed by atoms with Gasteiger partial charge in [-0.2, -0.15) is 0 Å². The molecular formula is C9H8BrClO2. The van der Waals surface area contributed by atoms with E-state index in [4.69, 9.17) is 16.3 Å². The first kappa shape index (κ1) is 10.5. The van der Waals surface area contributed by atoms with Crippen LogP contribution in [0, 0.1) is 0 Å². The number of hydrogen-bond donors (Lipinski definition) is 0. The molecule has 13 heavy (non-hydrogen) atoms. The number of alkyl halides is 1. The van der Waals surface area contributed by atoms with Crippen molar-refractivity contribution in [1.29, 1.82) is 0 Å². The van der Waals surface area contributed by atoms with Crippen molar-refractivity contribution in [3.63, 3.8) is 0 Å². The summed E-state index contributed by atoms with van der Waals surface area (Å²) in [5.74, 6) is 0. The fourth-order valence-corrected chi connectivity index (χ4v) is 1.60. The quantitative estimate of drug-likeness (QED) is 0.617. The average molecular weight is 264 g/mol. The van der Waals surface area contributed by atoms with E-state index in [0.29, 0.717) is 16.8 Å². The summed E-state index contributed by atoms with van der Waals surface area (Å²) >= 11 is 8.97. The van der Waals surface area contributed by atoms with Crippen LogP contribution in [0.1, 0.15) is 11.7 Å². The Kier molecular flexibility index (Phi) is 4.25. The molecule has 0 aliphatic carbocycles. The number of ether oxygens (including phenoxy) is 1. The zero-order valence-electron chi connectivity index (χ0n) is 6.74. The van der Waals surface area contributed by atoms with Crippen molar-refractivity contribution in [2.45, 2.75) is 6.10 Å². The maximum Gasteiger partial charge on any atom is 0.293 e. The van der Waals surface area contributed by atoms with Crippen molar-refractivity contribution in [2.24, 2.45) is 0 Å². The third-order valence-electron chi connectivity index (χ3n) is 1.60. The zero-order valence-corrected chi connectivity index (χ0v) is 9.09. The van der Waals surface area contributed by atoms with Crippen LogP contribution in [0.3, 0.4) is 0 Å². The molecule has 1 atom stereocenters. The van der Waals surface area contributed by atoms with Crippen LogP contribution in [-0.2, 0) is 9.53 Å². The van der Waals surface area contributed by atoms with E-state index in [1.54, 1.807) is 12.1 Å². The lowest BCUT2D eigenvalue weighted by molar-refractivity contribution is -0.132. The SMILES string of the molecule is O=COC(CBr)c1ccc(Cl)cc1. The standard InChI is InChI=1S/C9H8BrClO2/c10-5-9(13-6-12)7-1-3-8(11)4-2-7/h1-4,6,9H,5H2. The fraction of sp³-hybridized carbons (Fsp3) is 0.222. The lowest BCUT2D eigenvalue weighted by Crippen LogP contribution is -2.03. The Balaban J connectivity index is 2.78. The van der Waals surface area contributed by atoms with Crippen molar-refractivity contribution >= 4 is 34.0 Å². The molecule has 0 spiro atoms. The monoisotopic (exact) mass is 262 g/mol. The molecule has 1 aromatic carbocycles. The molecule has 0 aliphatic heterocycles. The lowest BCUT2D eigenvalue weighted by atomic mass is 10.1. The summed E-state index contributed by atoms with van der Waals surface area (Å²) in [6.45, 7) is 0.445.